The Bertz CT molecular complexity index is 697. The molecule has 2 aromatic carbocycles. The number of likely N-dealkylation sites (tertiary alicyclic amines) is 1. The van der Waals surface area contributed by atoms with E-state index in [-0.39, 0.29) is 11.7 Å². The van der Waals surface area contributed by atoms with Gasteiger partial charge in [0.25, 0.3) is 0 Å². The summed E-state index contributed by atoms with van der Waals surface area (Å²) in [5.74, 6) is 0.0699. The van der Waals surface area contributed by atoms with Crippen LogP contribution in [0.25, 0.3) is 0 Å². The summed E-state index contributed by atoms with van der Waals surface area (Å²) in [6, 6.07) is 15.4. The van der Waals surface area contributed by atoms with Gasteiger partial charge in [0.05, 0.1) is 0 Å². The Morgan fingerprint density at radius 1 is 1.04 bits per heavy atom. The monoisotopic (exact) mass is 340 g/mol. The predicted octanol–water partition coefficient (Wildman–Crippen LogP) is 3.67. The minimum atomic E-state index is -0.194. The second-order valence-electron chi connectivity index (χ2n) is 6.85. The van der Waals surface area contributed by atoms with E-state index in [0.29, 0.717) is 19.0 Å². The van der Waals surface area contributed by atoms with Gasteiger partial charge in [-0.1, -0.05) is 36.4 Å². The van der Waals surface area contributed by atoms with Crippen LogP contribution in [0.5, 0.6) is 0 Å². The van der Waals surface area contributed by atoms with Gasteiger partial charge < -0.3 is 10.2 Å². The minimum absolute atomic E-state index is 0.194. The number of hydrogen-bond donors (Lipinski definition) is 1. The fourth-order valence-corrected chi connectivity index (χ4v) is 3.19. The molecule has 1 N–H and O–H groups in total. The molecule has 0 aliphatic carbocycles. The Balaban J connectivity index is 1.46. The molecule has 1 fully saturated rings. The van der Waals surface area contributed by atoms with E-state index in [2.05, 4.69) is 36.5 Å². The highest BCUT2D eigenvalue weighted by molar-refractivity contribution is 5.78. The molecule has 0 radical (unpaired) electrons. The second-order valence-corrected chi connectivity index (χ2v) is 6.85. The van der Waals surface area contributed by atoms with Gasteiger partial charge in [0.1, 0.15) is 5.82 Å². The van der Waals surface area contributed by atoms with Gasteiger partial charge in [-0.05, 0) is 48.6 Å². The van der Waals surface area contributed by atoms with Crippen LogP contribution in [-0.4, -0.2) is 23.4 Å². The van der Waals surface area contributed by atoms with Crippen LogP contribution < -0.4 is 5.32 Å². The molecular formula is C21H25FN2O. The zero-order valence-electron chi connectivity index (χ0n) is 14.7. The van der Waals surface area contributed by atoms with Crippen molar-refractivity contribution in [3.05, 3.63) is 71.0 Å². The van der Waals surface area contributed by atoms with Crippen molar-refractivity contribution in [3.8, 4) is 0 Å². The molecule has 1 aliphatic heterocycles. The van der Waals surface area contributed by atoms with E-state index in [1.54, 1.807) is 0 Å². The van der Waals surface area contributed by atoms with Crippen LogP contribution in [0.3, 0.4) is 0 Å². The summed E-state index contributed by atoms with van der Waals surface area (Å²) in [4.78, 5) is 13.6. The van der Waals surface area contributed by atoms with Crippen LogP contribution in [0.1, 0.15) is 36.5 Å². The summed E-state index contributed by atoms with van der Waals surface area (Å²) in [6.07, 6.45) is 2.54. The van der Waals surface area contributed by atoms with Gasteiger partial charge in [-0.25, -0.2) is 4.39 Å². The van der Waals surface area contributed by atoms with E-state index in [1.807, 2.05) is 17.0 Å². The molecule has 3 nitrogen and oxygen atoms in total. The molecule has 0 spiro atoms. The standard InChI is InChI=1S/C21H25FN2O/c1-16(13-17-8-10-20(22)11-9-17)23-14-18-4-6-19(7-5-18)15-24-12-2-3-21(24)25/h4-11,16,23H,2-3,12-15H2,1H3. The van der Waals surface area contributed by atoms with Crippen molar-refractivity contribution in [1.82, 2.24) is 10.2 Å². The molecular weight excluding hydrogens is 315 g/mol. The maximum absolute atomic E-state index is 12.9. The van der Waals surface area contributed by atoms with Crippen LogP contribution in [0, 0.1) is 5.82 Å². The largest absolute Gasteiger partial charge is 0.338 e. The van der Waals surface area contributed by atoms with Crippen LogP contribution in [0.15, 0.2) is 48.5 Å². The topological polar surface area (TPSA) is 32.3 Å². The van der Waals surface area contributed by atoms with Crippen LogP contribution in [-0.2, 0) is 24.3 Å². The van der Waals surface area contributed by atoms with Crippen molar-refractivity contribution in [2.45, 2.75) is 45.3 Å². The number of benzene rings is 2. The highest BCUT2D eigenvalue weighted by atomic mass is 19.1. The lowest BCUT2D eigenvalue weighted by Crippen LogP contribution is -2.27. The van der Waals surface area contributed by atoms with Gasteiger partial charge in [0.15, 0.2) is 0 Å². The smallest absolute Gasteiger partial charge is 0.222 e. The van der Waals surface area contributed by atoms with Crippen molar-refractivity contribution in [1.29, 1.82) is 0 Å². The summed E-state index contributed by atoms with van der Waals surface area (Å²) >= 11 is 0. The van der Waals surface area contributed by atoms with Gasteiger partial charge in [-0.3, -0.25) is 4.79 Å². The molecule has 0 aromatic heterocycles. The molecule has 4 heteroatoms. The normalized spacial score (nSPS) is 15.6. The number of halogens is 1. The number of nitrogens with one attached hydrogen (secondary N) is 1. The average molecular weight is 340 g/mol. The minimum Gasteiger partial charge on any atom is -0.338 e. The average Bonchev–Trinajstić information content (AvgIpc) is 3.01. The van der Waals surface area contributed by atoms with Gasteiger partial charge in [0, 0.05) is 32.1 Å². The number of hydrogen-bond acceptors (Lipinski definition) is 2. The summed E-state index contributed by atoms with van der Waals surface area (Å²) < 4.78 is 12.9. The fourth-order valence-electron chi connectivity index (χ4n) is 3.19. The van der Waals surface area contributed by atoms with Gasteiger partial charge in [0.2, 0.25) is 5.91 Å². The summed E-state index contributed by atoms with van der Waals surface area (Å²) in [6.45, 7) is 4.53. The van der Waals surface area contributed by atoms with Gasteiger partial charge in [-0.15, -0.1) is 0 Å². The lowest BCUT2D eigenvalue weighted by Gasteiger charge is -2.16. The van der Waals surface area contributed by atoms with Crippen molar-refractivity contribution >= 4 is 5.91 Å². The highest BCUT2D eigenvalue weighted by Crippen LogP contribution is 2.15. The first-order valence-electron chi connectivity index (χ1n) is 8.93. The Morgan fingerprint density at radius 3 is 2.32 bits per heavy atom. The maximum atomic E-state index is 12.9. The van der Waals surface area contributed by atoms with Crippen molar-refractivity contribution in [3.63, 3.8) is 0 Å². The lowest BCUT2D eigenvalue weighted by atomic mass is 10.1. The molecule has 1 amide bonds. The number of amides is 1. The van der Waals surface area contributed by atoms with Crippen molar-refractivity contribution in [2.75, 3.05) is 6.54 Å². The van der Waals surface area contributed by atoms with E-state index in [9.17, 15) is 9.18 Å². The molecule has 0 saturated carbocycles. The Kier molecular flexibility index (Phi) is 5.82. The van der Waals surface area contributed by atoms with Crippen LogP contribution in [0.4, 0.5) is 4.39 Å². The molecule has 2 aromatic rings. The first kappa shape index (κ1) is 17.6. The Labute approximate surface area is 148 Å². The van der Waals surface area contributed by atoms with E-state index in [4.69, 9.17) is 0 Å². The molecule has 132 valence electrons. The Hall–Kier alpha value is -2.20. The predicted molar refractivity (Wildman–Crippen MR) is 97.5 cm³/mol. The molecule has 1 unspecified atom stereocenters. The zero-order chi connectivity index (χ0) is 17.6. The highest BCUT2D eigenvalue weighted by Gasteiger charge is 2.19. The number of carbonyl (C=O) groups excluding carboxylic acids is 1. The van der Waals surface area contributed by atoms with E-state index in [1.165, 1.54) is 23.3 Å². The van der Waals surface area contributed by atoms with E-state index in [0.717, 1.165) is 31.5 Å². The molecule has 25 heavy (non-hydrogen) atoms. The third-order valence-electron chi connectivity index (χ3n) is 4.68. The quantitative estimate of drug-likeness (QED) is 0.834. The van der Waals surface area contributed by atoms with Crippen molar-refractivity contribution in [2.24, 2.45) is 0 Å². The first-order chi connectivity index (χ1) is 12.1. The van der Waals surface area contributed by atoms with Gasteiger partial charge >= 0.3 is 0 Å². The number of rotatable bonds is 7. The Morgan fingerprint density at radius 2 is 1.68 bits per heavy atom. The molecule has 1 saturated heterocycles. The lowest BCUT2D eigenvalue weighted by molar-refractivity contribution is -0.128. The summed E-state index contributed by atoms with van der Waals surface area (Å²) in [5.41, 5.74) is 3.54. The summed E-state index contributed by atoms with van der Waals surface area (Å²) in [5, 5.41) is 3.50. The number of carbonyl (C=O) groups is 1. The molecule has 3 rings (SSSR count). The second kappa shape index (κ2) is 8.26. The molecule has 0 bridgehead atoms. The number of nitrogens with zero attached hydrogens (tertiary/aromatic N) is 1. The van der Waals surface area contributed by atoms with E-state index < -0.39 is 0 Å². The maximum Gasteiger partial charge on any atom is 0.222 e. The molecule has 1 aliphatic rings. The molecule has 1 heterocycles. The summed E-state index contributed by atoms with van der Waals surface area (Å²) in [7, 11) is 0. The third-order valence-corrected chi connectivity index (χ3v) is 4.68. The fraction of sp³-hybridized carbons (Fsp3) is 0.381. The SMILES string of the molecule is CC(Cc1ccc(F)cc1)NCc1ccc(CN2CCCC2=O)cc1. The van der Waals surface area contributed by atoms with Crippen LogP contribution >= 0.6 is 0 Å². The third kappa shape index (κ3) is 5.13. The molecule has 1 atom stereocenters. The first-order valence-corrected chi connectivity index (χ1v) is 8.93. The van der Waals surface area contributed by atoms with Gasteiger partial charge in [-0.2, -0.15) is 0 Å². The van der Waals surface area contributed by atoms with E-state index >= 15 is 0 Å². The zero-order valence-corrected chi connectivity index (χ0v) is 14.7. The van der Waals surface area contributed by atoms with Crippen molar-refractivity contribution < 1.29 is 9.18 Å². The van der Waals surface area contributed by atoms with Crippen LogP contribution in [0.2, 0.25) is 0 Å².